The van der Waals surface area contributed by atoms with Gasteiger partial charge in [0.25, 0.3) is 0 Å². The summed E-state index contributed by atoms with van der Waals surface area (Å²) in [6, 6.07) is 0. The first kappa shape index (κ1) is 97.7. The molecule has 0 aromatic heterocycles. The van der Waals surface area contributed by atoms with Crippen LogP contribution in [0.15, 0.2) is 0 Å². The Morgan fingerprint density at radius 1 is 0.240 bits per heavy atom. The second-order valence-corrected chi connectivity index (χ2v) is 3.40. The van der Waals surface area contributed by atoms with Crippen molar-refractivity contribution in [1.29, 1.82) is 0 Å². The van der Waals surface area contributed by atoms with Crippen LogP contribution in [0.3, 0.4) is 0 Å². The molecule has 18 N–H and O–H groups in total. The quantitative estimate of drug-likeness (QED) is 0.292. The van der Waals surface area contributed by atoms with Crippen molar-refractivity contribution >= 4 is 0 Å². The first-order valence-corrected chi connectivity index (χ1v) is 5.55. The summed E-state index contributed by atoms with van der Waals surface area (Å²) in [5.41, 5.74) is 0. The maximum Gasteiger partial charge on any atom is 3.00 e. The zero-order chi connectivity index (χ0) is 13.5. The first-order valence-electron chi connectivity index (χ1n) is 1.85. The van der Waals surface area contributed by atoms with Gasteiger partial charge in [0.15, 0.2) is 0 Å². The normalized spacial score (nSPS) is 7.20. The average Bonchev–Trinajstić information content (AvgIpc) is 1.41. The van der Waals surface area contributed by atoms with E-state index in [4.69, 9.17) is 55.9 Å². The van der Waals surface area contributed by atoms with E-state index in [1.165, 1.54) is 0 Å². The summed E-state index contributed by atoms with van der Waals surface area (Å²) in [5.74, 6) is 0. The second-order valence-electron chi connectivity index (χ2n) is 1.13. The largest absolute Gasteiger partial charge is 3.00 e. The fraction of sp³-hybridized carbons (Fsp3) is 0. The molecule has 1 radical (unpaired) electrons. The van der Waals surface area contributed by atoms with Crippen molar-refractivity contribution < 1.29 is 153 Å². The summed E-state index contributed by atoms with van der Waals surface area (Å²) >= 11 is 0. The summed E-state index contributed by atoms with van der Waals surface area (Å²) in [6.07, 6.45) is 0. The minimum Gasteiger partial charge on any atom is -0.412 e. The van der Waals surface area contributed by atoms with E-state index in [9.17, 15) is 0 Å². The minimum absolute atomic E-state index is 0. The van der Waals surface area contributed by atoms with Crippen molar-refractivity contribution in [2.75, 3.05) is 0 Å². The zero-order valence-corrected chi connectivity index (χ0v) is 14.5. The van der Waals surface area contributed by atoms with Crippen LogP contribution in [0.25, 0.3) is 0 Å². The molecule has 0 aliphatic rings. The SMILES string of the molecule is O.O.O.O.O.O.O.O.O.[Cr+3].[O-][Cl+3]([O-])([O-])[O-].[O-][Cl+3]([O-])([O-])[O-].[O-][Cl+3]([O-])([O-])[O-]. The third-order valence-electron chi connectivity index (χ3n) is 0. The first-order chi connectivity index (χ1) is 6.00. The van der Waals surface area contributed by atoms with Crippen LogP contribution >= 0.6 is 0 Å². The summed E-state index contributed by atoms with van der Waals surface area (Å²) in [4.78, 5) is 0. The smallest absolute Gasteiger partial charge is 0.412 e. The maximum atomic E-state index is 8.49. The third kappa shape index (κ3) is 39500. The monoisotopic (exact) mass is 511 g/mol. The van der Waals surface area contributed by atoms with Crippen LogP contribution in [0.1, 0.15) is 0 Å². The van der Waals surface area contributed by atoms with Gasteiger partial charge in [-0.1, -0.05) is 0 Å². The van der Waals surface area contributed by atoms with Crippen molar-refractivity contribution in [3.63, 3.8) is 0 Å². The van der Waals surface area contributed by atoms with Crippen molar-refractivity contribution in [2.45, 2.75) is 0 Å². The third-order valence-corrected chi connectivity index (χ3v) is 0. The molecule has 171 valence electrons. The van der Waals surface area contributed by atoms with Gasteiger partial charge in [-0.05, 0) is 0 Å². The van der Waals surface area contributed by atoms with Gasteiger partial charge < -0.3 is 49.3 Å². The molecule has 0 heterocycles. The van der Waals surface area contributed by atoms with Crippen LogP contribution in [0, 0.1) is 30.7 Å². The number of halogens is 3. The van der Waals surface area contributed by atoms with Gasteiger partial charge in [-0.25, -0.2) is 55.9 Å². The Morgan fingerprint density at radius 2 is 0.240 bits per heavy atom. The van der Waals surface area contributed by atoms with Gasteiger partial charge in [0, 0.05) is 0 Å². The Bertz CT molecular complexity index is 94.2. The number of hydrogen-bond donors (Lipinski definition) is 0. The minimum atomic E-state index is -4.94. The van der Waals surface area contributed by atoms with Crippen molar-refractivity contribution in [2.24, 2.45) is 0 Å². The molecule has 25 heavy (non-hydrogen) atoms. The van der Waals surface area contributed by atoms with Crippen LogP contribution in [0.5, 0.6) is 0 Å². The van der Waals surface area contributed by atoms with Crippen LogP contribution in [-0.4, -0.2) is 49.3 Å². The van der Waals surface area contributed by atoms with E-state index in [-0.39, 0.29) is 66.6 Å². The zero-order valence-electron chi connectivity index (χ0n) is 10.9. The van der Waals surface area contributed by atoms with Crippen LogP contribution in [-0.2, 0) is 17.4 Å². The molecule has 0 fully saturated rings. The molecule has 21 nitrogen and oxygen atoms in total. The van der Waals surface area contributed by atoms with E-state index in [0.29, 0.717) is 0 Å². The van der Waals surface area contributed by atoms with Gasteiger partial charge in [0.2, 0.25) is 0 Å². The Morgan fingerprint density at radius 3 is 0.240 bits per heavy atom. The predicted octanol–water partition coefficient (Wildman–Crippen LogP) is -21.7. The van der Waals surface area contributed by atoms with Crippen LogP contribution < -0.4 is 55.9 Å². The molecule has 0 aliphatic heterocycles. The second kappa shape index (κ2) is 39.6. The molecule has 0 saturated carbocycles. The molecule has 0 spiro atoms. The Labute approximate surface area is 153 Å². The molecule has 0 atom stereocenters. The van der Waals surface area contributed by atoms with E-state index < -0.39 is 30.7 Å². The van der Waals surface area contributed by atoms with Crippen LogP contribution in [0.2, 0.25) is 0 Å². The van der Waals surface area contributed by atoms with E-state index in [0.717, 1.165) is 0 Å². The van der Waals surface area contributed by atoms with Gasteiger partial charge in [0.05, 0.1) is 0 Å². The van der Waals surface area contributed by atoms with Crippen molar-refractivity contribution in [3.05, 3.63) is 0 Å². The molecule has 0 aliphatic carbocycles. The maximum absolute atomic E-state index is 8.49. The molecule has 0 unspecified atom stereocenters. The Balaban J connectivity index is -0.00000000655. The Kier molecular flexibility index (Phi) is 155. The molecule has 0 aromatic carbocycles. The van der Waals surface area contributed by atoms with Gasteiger partial charge >= 0.3 is 17.4 Å². The summed E-state index contributed by atoms with van der Waals surface area (Å²) in [7, 11) is -14.8. The van der Waals surface area contributed by atoms with Gasteiger partial charge in [-0.3, -0.25) is 0 Å². The molecular formula is H18Cl3CrO21. The summed E-state index contributed by atoms with van der Waals surface area (Å²) in [5, 5.41) is 0. The standard InChI is InChI=1S/3ClHO4.Cr.9H2O/c3*2-1(3,4)5;;;;;;;;;;/h3*(H,2,3,4,5);;9*1H2/q;;;+3;;;;;;;;;/p-3. The van der Waals surface area contributed by atoms with Crippen LogP contribution in [0.4, 0.5) is 0 Å². The molecule has 0 aromatic rings. The van der Waals surface area contributed by atoms with E-state index in [1.807, 2.05) is 0 Å². The predicted molar refractivity (Wildman–Crippen MR) is 32.5 cm³/mol. The average molecular weight is 512 g/mol. The van der Waals surface area contributed by atoms with E-state index >= 15 is 0 Å². The van der Waals surface area contributed by atoms with Crippen molar-refractivity contribution in [1.82, 2.24) is 0 Å². The Hall–Kier alpha value is 0.562. The summed E-state index contributed by atoms with van der Waals surface area (Å²) < 4.78 is 102. The molecule has 0 bridgehead atoms. The molecule has 25 heteroatoms. The fourth-order valence-corrected chi connectivity index (χ4v) is 0. The van der Waals surface area contributed by atoms with E-state index in [1.54, 1.807) is 0 Å². The van der Waals surface area contributed by atoms with Crippen molar-refractivity contribution in [3.8, 4) is 0 Å². The molecule has 0 amide bonds. The van der Waals surface area contributed by atoms with Gasteiger partial charge in [-0.2, -0.15) is 0 Å². The van der Waals surface area contributed by atoms with Gasteiger partial charge in [0.1, 0.15) is 0 Å². The molecule has 0 rings (SSSR count). The molecular weight excluding hydrogens is 494 g/mol. The fourth-order valence-electron chi connectivity index (χ4n) is 0. The topological polar surface area (TPSA) is 560 Å². The molecule has 0 saturated heterocycles. The number of rotatable bonds is 0. The van der Waals surface area contributed by atoms with Gasteiger partial charge in [-0.15, -0.1) is 30.7 Å². The summed E-state index contributed by atoms with van der Waals surface area (Å²) in [6.45, 7) is 0. The number of hydrogen-bond acceptors (Lipinski definition) is 12. The van der Waals surface area contributed by atoms with E-state index in [2.05, 4.69) is 0 Å².